The smallest absolute Gasteiger partial charge is 0.0602 e. The maximum absolute atomic E-state index is 5.60. The first kappa shape index (κ1) is 14.3. The quantitative estimate of drug-likeness (QED) is 0.618. The Bertz CT molecular complexity index is 221. The molecule has 0 spiro atoms. The lowest BCUT2D eigenvalue weighted by Crippen LogP contribution is -2.37. The summed E-state index contributed by atoms with van der Waals surface area (Å²) in [6.07, 6.45) is 9.75. The average Bonchev–Trinajstić information content (AvgIpc) is 2.25. The maximum Gasteiger partial charge on any atom is 0.0602 e. The molecule has 0 saturated carbocycles. The van der Waals surface area contributed by atoms with Gasteiger partial charge in [0.15, 0.2) is 0 Å². The van der Waals surface area contributed by atoms with Gasteiger partial charge in [0, 0.05) is 12.5 Å². The first-order valence-corrected chi connectivity index (χ1v) is 7.87. The number of hydrogen-bond donors (Lipinski definition) is 0. The lowest BCUT2D eigenvalue weighted by atomic mass is 9.79. The van der Waals surface area contributed by atoms with Gasteiger partial charge in [-0.1, -0.05) is 33.1 Å². The second-order valence-electron chi connectivity index (χ2n) is 5.98. The molecule has 18 heavy (non-hydrogen) atoms. The molecule has 2 heteroatoms. The number of rotatable bonds is 9. The van der Waals surface area contributed by atoms with Gasteiger partial charge in [-0.25, -0.2) is 0 Å². The molecular weight excluding hydrogens is 224 g/mol. The van der Waals surface area contributed by atoms with E-state index in [0.29, 0.717) is 6.10 Å². The molecule has 105 valence electrons. The molecule has 0 amide bonds. The van der Waals surface area contributed by atoms with E-state index < -0.39 is 0 Å². The molecule has 2 unspecified atom stereocenters. The molecule has 2 saturated heterocycles. The van der Waals surface area contributed by atoms with Gasteiger partial charge in [0.2, 0.25) is 0 Å². The average molecular weight is 253 g/mol. The minimum absolute atomic E-state index is 0.534. The molecule has 0 aromatic carbocycles. The summed E-state index contributed by atoms with van der Waals surface area (Å²) in [5.74, 6) is 3.40. The second kappa shape index (κ2) is 7.49. The minimum atomic E-state index is 0.534. The summed E-state index contributed by atoms with van der Waals surface area (Å²) in [5, 5.41) is 0. The van der Waals surface area contributed by atoms with Gasteiger partial charge in [0.05, 0.1) is 19.3 Å². The Hall–Kier alpha value is -0.0800. The lowest BCUT2D eigenvalue weighted by Gasteiger charge is -2.38. The molecule has 1 radical (unpaired) electrons. The monoisotopic (exact) mass is 253 g/mol. The van der Waals surface area contributed by atoms with Crippen LogP contribution in [0.15, 0.2) is 0 Å². The van der Waals surface area contributed by atoms with E-state index >= 15 is 0 Å². The molecule has 0 aromatic heterocycles. The van der Waals surface area contributed by atoms with Gasteiger partial charge in [0.1, 0.15) is 0 Å². The fraction of sp³-hybridized carbons (Fsp3) is 0.938. The molecule has 2 rings (SSSR count). The molecule has 0 N–H and O–H groups in total. The van der Waals surface area contributed by atoms with Crippen LogP contribution in [-0.4, -0.2) is 25.9 Å². The third-order valence-electron chi connectivity index (χ3n) is 4.65. The van der Waals surface area contributed by atoms with Crippen LogP contribution in [0.25, 0.3) is 0 Å². The zero-order valence-electron chi connectivity index (χ0n) is 12.1. The zero-order chi connectivity index (χ0) is 12.8. The highest BCUT2D eigenvalue weighted by molar-refractivity contribution is 5.02. The Balaban J connectivity index is 1.72. The summed E-state index contributed by atoms with van der Waals surface area (Å²) in [4.78, 5) is 0. The van der Waals surface area contributed by atoms with Crippen molar-refractivity contribution >= 4 is 0 Å². The first-order valence-electron chi connectivity index (χ1n) is 7.87. The van der Waals surface area contributed by atoms with Gasteiger partial charge >= 0.3 is 0 Å². The standard InChI is InChI=1S/C16H29O2/c1-3-5-13(4-2)6-7-14(15-11-17-12-15)10-16-8-9-18-16/h13,15-16H,3-12H2,1-2H3. The maximum atomic E-state index is 5.60. The lowest BCUT2D eigenvalue weighted by molar-refractivity contribution is -0.0695. The van der Waals surface area contributed by atoms with Crippen molar-refractivity contribution < 1.29 is 9.47 Å². The van der Waals surface area contributed by atoms with E-state index in [1.165, 1.54) is 44.9 Å². The largest absolute Gasteiger partial charge is 0.381 e. The molecule has 2 aliphatic heterocycles. The van der Waals surface area contributed by atoms with Crippen molar-refractivity contribution in [2.24, 2.45) is 11.8 Å². The molecular formula is C16H29O2. The summed E-state index contributed by atoms with van der Waals surface area (Å²) < 4.78 is 11.0. The van der Waals surface area contributed by atoms with E-state index in [9.17, 15) is 0 Å². The Morgan fingerprint density at radius 2 is 2.00 bits per heavy atom. The summed E-state index contributed by atoms with van der Waals surface area (Å²) in [6.45, 7) is 7.54. The van der Waals surface area contributed by atoms with E-state index in [2.05, 4.69) is 13.8 Å². The summed E-state index contributed by atoms with van der Waals surface area (Å²) >= 11 is 0. The van der Waals surface area contributed by atoms with Crippen LogP contribution in [0.4, 0.5) is 0 Å². The SMILES string of the molecule is CCCC(CC)CC[C](CC1CCO1)C1COC1. The molecule has 2 heterocycles. The van der Waals surface area contributed by atoms with Crippen LogP contribution in [0, 0.1) is 17.8 Å². The summed E-state index contributed by atoms with van der Waals surface area (Å²) in [6, 6.07) is 0. The highest BCUT2D eigenvalue weighted by Crippen LogP contribution is 2.35. The normalized spacial score (nSPS) is 25.8. The van der Waals surface area contributed by atoms with Crippen LogP contribution in [0.3, 0.4) is 0 Å². The van der Waals surface area contributed by atoms with Gasteiger partial charge in [-0.2, -0.15) is 0 Å². The van der Waals surface area contributed by atoms with Gasteiger partial charge in [-0.05, 0) is 37.5 Å². The van der Waals surface area contributed by atoms with E-state index in [1.54, 1.807) is 5.92 Å². The van der Waals surface area contributed by atoms with Crippen molar-refractivity contribution in [2.75, 3.05) is 19.8 Å². The van der Waals surface area contributed by atoms with Crippen LogP contribution >= 0.6 is 0 Å². The van der Waals surface area contributed by atoms with Crippen molar-refractivity contribution in [2.45, 2.75) is 64.9 Å². The molecule has 0 bridgehead atoms. The third kappa shape index (κ3) is 3.96. The van der Waals surface area contributed by atoms with E-state index in [4.69, 9.17) is 9.47 Å². The topological polar surface area (TPSA) is 18.5 Å². The minimum Gasteiger partial charge on any atom is -0.381 e. The van der Waals surface area contributed by atoms with Crippen LogP contribution in [0.5, 0.6) is 0 Å². The van der Waals surface area contributed by atoms with E-state index in [1.807, 2.05) is 0 Å². The van der Waals surface area contributed by atoms with Gasteiger partial charge in [0.25, 0.3) is 0 Å². The van der Waals surface area contributed by atoms with Crippen LogP contribution < -0.4 is 0 Å². The predicted molar refractivity (Wildman–Crippen MR) is 74.4 cm³/mol. The first-order chi connectivity index (χ1) is 8.83. The van der Waals surface area contributed by atoms with Crippen LogP contribution in [-0.2, 0) is 9.47 Å². The zero-order valence-corrected chi connectivity index (χ0v) is 12.1. The Kier molecular flexibility index (Phi) is 5.97. The van der Waals surface area contributed by atoms with Crippen molar-refractivity contribution in [3.63, 3.8) is 0 Å². The summed E-state index contributed by atoms with van der Waals surface area (Å²) in [5.41, 5.74) is 0. The second-order valence-corrected chi connectivity index (χ2v) is 5.98. The highest BCUT2D eigenvalue weighted by Gasteiger charge is 2.32. The number of hydrogen-bond acceptors (Lipinski definition) is 2. The van der Waals surface area contributed by atoms with Crippen molar-refractivity contribution in [1.82, 2.24) is 0 Å². The van der Waals surface area contributed by atoms with E-state index in [0.717, 1.165) is 31.7 Å². The van der Waals surface area contributed by atoms with Gasteiger partial charge in [-0.15, -0.1) is 0 Å². The Morgan fingerprint density at radius 3 is 2.44 bits per heavy atom. The molecule has 2 atom stereocenters. The fourth-order valence-electron chi connectivity index (χ4n) is 3.03. The molecule has 2 nitrogen and oxygen atoms in total. The molecule has 0 aromatic rings. The van der Waals surface area contributed by atoms with Crippen molar-refractivity contribution in [1.29, 1.82) is 0 Å². The van der Waals surface area contributed by atoms with E-state index in [-0.39, 0.29) is 0 Å². The van der Waals surface area contributed by atoms with Gasteiger partial charge in [-0.3, -0.25) is 0 Å². The predicted octanol–water partition coefficient (Wildman–Crippen LogP) is 3.99. The third-order valence-corrected chi connectivity index (χ3v) is 4.65. The van der Waals surface area contributed by atoms with Crippen LogP contribution in [0.1, 0.15) is 58.8 Å². The van der Waals surface area contributed by atoms with Crippen molar-refractivity contribution in [3.05, 3.63) is 5.92 Å². The highest BCUT2D eigenvalue weighted by atomic mass is 16.5. The van der Waals surface area contributed by atoms with Gasteiger partial charge < -0.3 is 9.47 Å². The fourth-order valence-corrected chi connectivity index (χ4v) is 3.03. The molecule has 2 aliphatic rings. The van der Waals surface area contributed by atoms with Crippen molar-refractivity contribution in [3.8, 4) is 0 Å². The number of ether oxygens (including phenoxy) is 2. The molecule has 0 aliphatic carbocycles. The Morgan fingerprint density at radius 1 is 1.22 bits per heavy atom. The molecule has 2 fully saturated rings. The Labute approximate surface area is 112 Å². The summed E-state index contributed by atoms with van der Waals surface area (Å²) in [7, 11) is 0. The van der Waals surface area contributed by atoms with Crippen LogP contribution in [0.2, 0.25) is 0 Å².